The maximum absolute atomic E-state index is 11.6. The number of hydrogen-bond acceptors (Lipinski definition) is 4. The van der Waals surface area contributed by atoms with Crippen molar-refractivity contribution in [2.45, 2.75) is 25.3 Å². The summed E-state index contributed by atoms with van der Waals surface area (Å²) in [6.45, 7) is 1.80. The summed E-state index contributed by atoms with van der Waals surface area (Å²) in [5.41, 5.74) is 0.516. The second-order valence-corrected chi connectivity index (χ2v) is 3.97. The highest BCUT2D eigenvalue weighted by atomic mass is 16.1. The first-order chi connectivity index (χ1) is 7.86. The SMILES string of the molecule is O=C(NCC[C@@H]1CCCN1)c1cncnc1. The Kier molecular flexibility index (Phi) is 3.82. The Morgan fingerprint density at radius 2 is 2.31 bits per heavy atom. The van der Waals surface area contributed by atoms with Crippen LogP contribution in [0.2, 0.25) is 0 Å². The fourth-order valence-electron chi connectivity index (χ4n) is 1.88. The Morgan fingerprint density at radius 1 is 1.50 bits per heavy atom. The lowest BCUT2D eigenvalue weighted by molar-refractivity contribution is 0.0951. The van der Waals surface area contributed by atoms with Gasteiger partial charge in [-0.25, -0.2) is 9.97 Å². The number of carbonyl (C=O) groups excluding carboxylic acids is 1. The van der Waals surface area contributed by atoms with Crippen LogP contribution in [-0.4, -0.2) is 35.0 Å². The maximum Gasteiger partial charge on any atom is 0.254 e. The molecule has 1 saturated heterocycles. The van der Waals surface area contributed by atoms with Crippen molar-refractivity contribution in [2.75, 3.05) is 13.1 Å². The average Bonchev–Trinajstić information content (AvgIpc) is 2.83. The highest BCUT2D eigenvalue weighted by Crippen LogP contribution is 2.07. The summed E-state index contributed by atoms with van der Waals surface area (Å²) in [6, 6.07) is 0.562. The van der Waals surface area contributed by atoms with Crippen molar-refractivity contribution in [2.24, 2.45) is 0 Å². The monoisotopic (exact) mass is 220 g/mol. The Hall–Kier alpha value is -1.49. The largest absolute Gasteiger partial charge is 0.352 e. The number of carbonyl (C=O) groups is 1. The number of aromatic nitrogens is 2. The molecule has 1 fully saturated rings. The van der Waals surface area contributed by atoms with Gasteiger partial charge in [-0.2, -0.15) is 0 Å². The molecule has 1 atom stereocenters. The van der Waals surface area contributed by atoms with Crippen molar-refractivity contribution < 1.29 is 4.79 Å². The number of nitrogens with zero attached hydrogens (tertiary/aromatic N) is 2. The molecule has 2 N–H and O–H groups in total. The first kappa shape index (κ1) is 11.0. The van der Waals surface area contributed by atoms with E-state index in [-0.39, 0.29) is 5.91 Å². The van der Waals surface area contributed by atoms with Crippen molar-refractivity contribution in [1.82, 2.24) is 20.6 Å². The van der Waals surface area contributed by atoms with Crippen molar-refractivity contribution in [3.05, 3.63) is 24.3 Å². The van der Waals surface area contributed by atoms with Crippen LogP contribution in [0, 0.1) is 0 Å². The Bertz CT molecular complexity index is 335. The van der Waals surface area contributed by atoms with Gasteiger partial charge in [0, 0.05) is 25.0 Å². The van der Waals surface area contributed by atoms with E-state index in [1.807, 2.05) is 0 Å². The van der Waals surface area contributed by atoms with E-state index in [2.05, 4.69) is 20.6 Å². The van der Waals surface area contributed by atoms with E-state index < -0.39 is 0 Å². The van der Waals surface area contributed by atoms with Crippen LogP contribution in [0.3, 0.4) is 0 Å². The van der Waals surface area contributed by atoms with Crippen LogP contribution in [0.1, 0.15) is 29.6 Å². The Morgan fingerprint density at radius 3 is 3.00 bits per heavy atom. The molecule has 0 bridgehead atoms. The zero-order chi connectivity index (χ0) is 11.2. The molecule has 16 heavy (non-hydrogen) atoms. The number of rotatable bonds is 4. The van der Waals surface area contributed by atoms with Crippen molar-refractivity contribution in [3.8, 4) is 0 Å². The zero-order valence-corrected chi connectivity index (χ0v) is 9.15. The molecule has 0 aromatic carbocycles. The van der Waals surface area contributed by atoms with Gasteiger partial charge in [-0.1, -0.05) is 0 Å². The van der Waals surface area contributed by atoms with E-state index in [0.29, 0.717) is 18.2 Å². The van der Waals surface area contributed by atoms with Gasteiger partial charge in [-0.3, -0.25) is 4.79 Å². The van der Waals surface area contributed by atoms with E-state index in [0.717, 1.165) is 13.0 Å². The zero-order valence-electron chi connectivity index (χ0n) is 9.15. The standard InChI is InChI=1S/C11H16N4O/c16-11(9-6-12-8-13-7-9)15-5-3-10-2-1-4-14-10/h6-8,10,14H,1-5H2,(H,15,16)/t10-/m0/s1. The molecule has 0 saturated carbocycles. The molecule has 1 aliphatic rings. The molecule has 0 radical (unpaired) electrons. The second kappa shape index (κ2) is 5.55. The van der Waals surface area contributed by atoms with Crippen LogP contribution >= 0.6 is 0 Å². The molecule has 1 aliphatic heterocycles. The Labute approximate surface area is 94.7 Å². The fourth-order valence-corrected chi connectivity index (χ4v) is 1.88. The average molecular weight is 220 g/mol. The lowest BCUT2D eigenvalue weighted by Gasteiger charge is -2.10. The van der Waals surface area contributed by atoms with E-state index in [4.69, 9.17) is 0 Å². The molecule has 2 rings (SSSR count). The summed E-state index contributed by atoms with van der Waals surface area (Å²) in [5, 5.41) is 6.26. The van der Waals surface area contributed by atoms with Crippen LogP contribution < -0.4 is 10.6 Å². The molecule has 1 aromatic rings. The molecule has 86 valence electrons. The lowest BCUT2D eigenvalue weighted by atomic mass is 10.1. The third-order valence-electron chi connectivity index (χ3n) is 2.76. The molecule has 0 spiro atoms. The van der Waals surface area contributed by atoms with Gasteiger partial charge in [0.1, 0.15) is 6.33 Å². The normalized spacial score (nSPS) is 19.6. The fraction of sp³-hybridized carbons (Fsp3) is 0.545. The summed E-state index contributed by atoms with van der Waals surface area (Å²) >= 11 is 0. The summed E-state index contributed by atoms with van der Waals surface area (Å²) in [7, 11) is 0. The highest BCUT2D eigenvalue weighted by molar-refractivity contribution is 5.93. The minimum atomic E-state index is -0.0985. The van der Waals surface area contributed by atoms with Gasteiger partial charge in [0.05, 0.1) is 5.56 Å². The Balaban J connectivity index is 1.71. The number of hydrogen-bond donors (Lipinski definition) is 2. The molecule has 0 aliphatic carbocycles. The van der Waals surface area contributed by atoms with Gasteiger partial charge in [0.15, 0.2) is 0 Å². The first-order valence-electron chi connectivity index (χ1n) is 5.63. The highest BCUT2D eigenvalue weighted by Gasteiger charge is 2.13. The molecule has 2 heterocycles. The van der Waals surface area contributed by atoms with E-state index in [9.17, 15) is 4.79 Å². The molecular formula is C11H16N4O. The third kappa shape index (κ3) is 3.00. The first-order valence-corrected chi connectivity index (χ1v) is 5.63. The quantitative estimate of drug-likeness (QED) is 0.768. The lowest BCUT2D eigenvalue weighted by Crippen LogP contribution is -2.30. The second-order valence-electron chi connectivity index (χ2n) is 3.97. The topological polar surface area (TPSA) is 66.9 Å². The van der Waals surface area contributed by atoms with Crippen LogP contribution in [0.5, 0.6) is 0 Å². The van der Waals surface area contributed by atoms with Crippen LogP contribution in [0.25, 0.3) is 0 Å². The minimum Gasteiger partial charge on any atom is -0.352 e. The smallest absolute Gasteiger partial charge is 0.254 e. The van der Waals surface area contributed by atoms with Gasteiger partial charge in [-0.05, 0) is 25.8 Å². The van der Waals surface area contributed by atoms with Gasteiger partial charge in [0.2, 0.25) is 0 Å². The molecule has 1 aromatic heterocycles. The molecule has 5 heteroatoms. The van der Waals surface area contributed by atoms with Gasteiger partial charge >= 0.3 is 0 Å². The molecular weight excluding hydrogens is 204 g/mol. The van der Waals surface area contributed by atoms with Crippen molar-refractivity contribution >= 4 is 5.91 Å². The van der Waals surface area contributed by atoms with Crippen LogP contribution in [-0.2, 0) is 0 Å². The number of amides is 1. The van der Waals surface area contributed by atoms with Crippen molar-refractivity contribution in [1.29, 1.82) is 0 Å². The van der Waals surface area contributed by atoms with Gasteiger partial charge in [0.25, 0.3) is 5.91 Å². The molecule has 5 nitrogen and oxygen atoms in total. The van der Waals surface area contributed by atoms with E-state index in [1.165, 1.54) is 31.6 Å². The summed E-state index contributed by atoms with van der Waals surface area (Å²) < 4.78 is 0. The summed E-state index contributed by atoms with van der Waals surface area (Å²) in [5.74, 6) is -0.0985. The van der Waals surface area contributed by atoms with Crippen LogP contribution in [0.15, 0.2) is 18.7 Å². The molecule has 0 unspecified atom stereocenters. The van der Waals surface area contributed by atoms with E-state index >= 15 is 0 Å². The third-order valence-corrected chi connectivity index (χ3v) is 2.76. The van der Waals surface area contributed by atoms with Crippen LogP contribution in [0.4, 0.5) is 0 Å². The number of nitrogens with one attached hydrogen (secondary N) is 2. The van der Waals surface area contributed by atoms with E-state index in [1.54, 1.807) is 0 Å². The summed E-state index contributed by atoms with van der Waals surface area (Å²) in [6.07, 6.45) is 7.90. The predicted octanol–water partition coefficient (Wildman–Crippen LogP) is 0.348. The predicted molar refractivity (Wildman–Crippen MR) is 60.0 cm³/mol. The maximum atomic E-state index is 11.6. The minimum absolute atomic E-state index is 0.0985. The van der Waals surface area contributed by atoms with Crippen molar-refractivity contribution in [3.63, 3.8) is 0 Å². The van der Waals surface area contributed by atoms with Gasteiger partial charge < -0.3 is 10.6 Å². The van der Waals surface area contributed by atoms with Gasteiger partial charge in [-0.15, -0.1) is 0 Å². The molecule has 1 amide bonds. The summed E-state index contributed by atoms with van der Waals surface area (Å²) in [4.78, 5) is 19.2.